The van der Waals surface area contributed by atoms with E-state index in [-0.39, 0.29) is 11.9 Å². The molecular weight excluding hydrogens is 334 g/mol. The van der Waals surface area contributed by atoms with E-state index in [1.165, 1.54) is 5.56 Å². The molecule has 0 bridgehead atoms. The van der Waals surface area contributed by atoms with Gasteiger partial charge in [0.15, 0.2) is 0 Å². The summed E-state index contributed by atoms with van der Waals surface area (Å²) >= 11 is 3.59. The molecule has 21 heavy (non-hydrogen) atoms. The van der Waals surface area contributed by atoms with E-state index in [9.17, 15) is 4.79 Å². The third-order valence-electron chi connectivity index (χ3n) is 3.85. The zero-order valence-electron chi connectivity index (χ0n) is 12.6. The van der Waals surface area contributed by atoms with E-state index in [1.54, 1.807) is 7.11 Å². The second kappa shape index (κ2) is 7.80. The highest BCUT2D eigenvalue weighted by Crippen LogP contribution is 2.26. The Hall–Kier alpha value is -1.07. The standard InChI is InChI=1S/C16H22BrNO3/c1-3-21-16(19)12-6-8-18(9-7-12)11-13-10-14(20-2)4-5-15(13)17/h4-5,10,12H,3,6-9,11H2,1-2H3. The minimum atomic E-state index is -0.0419. The average Bonchev–Trinajstić information content (AvgIpc) is 2.50. The molecular formula is C16H22BrNO3. The first-order valence-corrected chi connectivity index (χ1v) is 8.14. The van der Waals surface area contributed by atoms with Gasteiger partial charge in [-0.15, -0.1) is 0 Å². The van der Waals surface area contributed by atoms with E-state index in [1.807, 2.05) is 19.1 Å². The molecule has 0 amide bonds. The van der Waals surface area contributed by atoms with Gasteiger partial charge in [-0.05, 0) is 56.6 Å². The molecule has 1 aromatic carbocycles. The Morgan fingerprint density at radius 1 is 1.38 bits per heavy atom. The number of ether oxygens (including phenoxy) is 2. The maximum Gasteiger partial charge on any atom is 0.309 e. The van der Waals surface area contributed by atoms with Gasteiger partial charge >= 0.3 is 5.97 Å². The monoisotopic (exact) mass is 355 g/mol. The number of esters is 1. The Kier molecular flexibility index (Phi) is 6.06. The molecule has 5 heteroatoms. The summed E-state index contributed by atoms with van der Waals surface area (Å²) in [7, 11) is 1.68. The molecule has 116 valence electrons. The number of nitrogens with zero attached hydrogens (tertiary/aromatic N) is 1. The minimum absolute atomic E-state index is 0.0419. The molecule has 2 rings (SSSR count). The van der Waals surface area contributed by atoms with Gasteiger partial charge in [-0.3, -0.25) is 9.69 Å². The van der Waals surface area contributed by atoms with Gasteiger partial charge in [-0.25, -0.2) is 0 Å². The van der Waals surface area contributed by atoms with Crippen LogP contribution < -0.4 is 4.74 Å². The molecule has 0 spiro atoms. The highest BCUT2D eigenvalue weighted by molar-refractivity contribution is 9.10. The Labute approximate surface area is 134 Å². The summed E-state index contributed by atoms with van der Waals surface area (Å²) in [5, 5.41) is 0. The van der Waals surface area contributed by atoms with Gasteiger partial charge in [0.25, 0.3) is 0 Å². The van der Waals surface area contributed by atoms with E-state index in [4.69, 9.17) is 9.47 Å². The second-order valence-corrected chi connectivity index (χ2v) is 6.11. The van der Waals surface area contributed by atoms with Crippen LogP contribution in [-0.4, -0.2) is 37.7 Å². The van der Waals surface area contributed by atoms with Crippen molar-refractivity contribution < 1.29 is 14.3 Å². The van der Waals surface area contributed by atoms with Crippen molar-refractivity contribution in [1.29, 1.82) is 0 Å². The molecule has 4 nitrogen and oxygen atoms in total. The van der Waals surface area contributed by atoms with Crippen molar-refractivity contribution in [3.8, 4) is 5.75 Å². The molecule has 0 atom stereocenters. The summed E-state index contributed by atoms with van der Waals surface area (Å²) < 4.78 is 11.5. The molecule has 1 fully saturated rings. The number of hydrogen-bond donors (Lipinski definition) is 0. The lowest BCUT2D eigenvalue weighted by Crippen LogP contribution is -2.36. The van der Waals surface area contributed by atoms with Crippen molar-refractivity contribution in [3.05, 3.63) is 28.2 Å². The number of likely N-dealkylation sites (tertiary alicyclic amines) is 1. The van der Waals surface area contributed by atoms with E-state index in [2.05, 4.69) is 26.9 Å². The van der Waals surface area contributed by atoms with Crippen molar-refractivity contribution in [1.82, 2.24) is 4.90 Å². The van der Waals surface area contributed by atoms with Crippen LogP contribution in [0.2, 0.25) is 0 Å². The number of halogens is 1. The highest BCUT2D eigenvalue weighted by Gasteiger charge is 2.26. The lowest BCUT2D eigenvalue weighted by atomic mass is 9.96. The van der Waals surface area contributed by atoms with Gasteiger partial charge in [-0.1, -0.05) is 15.9 Å². The summed E-state index contributed by atoms with van der Waals surface area (Å²) in [4.78, 5) is 14.1. The SMILES string of the molecule is CCOC(=O)C1CCN(Cc2cc(OC)ccc2Br)CC1. The van der Waals surface area contributed by atoms with Crippen LogP contribution in [0.4, 0.5) is 0 Å². The van der Waals surface area contributed by atoms with Gasteiger partial charge < -0.3 is 9.47 Å². The second-order valence-electron chi connectivity index (χ2n) is 5.26. The Morgan fingerprint density at radius 3 is 2.71 bits per heavy atom. The molecule has 0 radical (unpaired) electrons. The summed E-state index contributed by atoms with van der Waals surface area (Å²) in [6, 6.07) is 6.02. The Morgan fingerprint density at radius 2 is 2.10 bits per heavy atom. The molecule has 0 saturated carbocycles. The van der Waals surface area contributed by atoms with Crippen molar-refractivity contribution in [2.75, 3.05) is 26.8 Å². The summed E-state index contributed by atoms with van der Waals surface area (Å²) in [6.45, 7) is 5.04. The van der Waals surface area contributed by atoms with E-state index < -0.39 is 0 Å². The third-order valence-corrected chi connectivity index (χ3v) is 4.63. The van der Waals surface area contributed by atoms with Gasteiger partial charge in [0.2, 0.25) is 0 Å². The quantitative estimate of drug-likeness (QED) is 0.760. The Balaban J connectivity index is 1.90. The van der Waals surface area contributed by atoms with Gasteiger partial charge in [0.05, 0.1) is 19.6 Å². The highest BCUT2D eigenvalue weighted by atomic mass is 79.9. The number of carbonyl (C=O) groups excluding carboxylic acids is 1. The van der Waals surface area contributed by atoms with Gasteiger partial charge in [-0.2, -0.15) is 0 Å². The number of carbonyl (C=O) groups is 1. The van der Waals surface area contributed by atoms with Gasteiger partial charge in [0, 0.05) is 11.0 Å². The lowest BCUT2D eigenvalue weighted by molar-refractivity contribution is -0.149. The molecule has 1 saturated heterocycles. The van der Waals surface area contributed by atoms with Crippen molar-refractivity contribution in [2.24, 2.45) is 5.92 Å². The first-order chi connectivity index (χ1) is 10.1. The zero-order chi connectivity index (χ0) is 15.2. The number of benzene rings is 1. The van der Waals surface area contributed by atoms with Crippen LogP contribution in [0.3, 0.4) is 0 Å². The zero-order valence-corrected chi connectivity index (χ0v) is 14.2. The van der Waals surface area contributed by atoms with Crippen molar-refractivity contribution in [2.45, 2.75) is 26.3 Å². The molecule has 1 aliphatic rings. The van der Waals surface area contributed by atoms with Crippen molar-refractivity contribution >= 4 is 21.9 Å². The number of methoxy groups -OCH3 is 1. The fourth-order valence-corrected chi connectivity index (χ4v) is 3.00. The molecule has 1 aliphatic heterocycles. The summed E-state index contributed by atoms with van der Waals surface area (Å²) in [5.41, 5.74) is 1.21. The average molecular weight is 356 g/mol. The predicted molar refractivity (Wildman–Crippen MR) is 85.3 cm³/mol. The molecule has 0 aliphatic carbocycles. The first kappa shape index (κ1) is 16.3. The number of hydrogen-bond acceptors (Lipinski definition) is 4. The largest absolute Gasteiger partial charge is 0.497 e. The van der Waals surface area contributed by atoms with Crippen LogP contribution in [0.15, 0.2) is 22.7 Å². The summed E-state index contributed by atoms with van der Waals surface area (Å²) in [6.07, 6.45) is 1.75. The fraction of sp³-hybridized carbons (Fsp3) is 0.562. The topological polar surface area (TPSA) is 38.8 Å². The van der Waals surface area contributed by atoms with Crippen LogP contribution in [0, 0.1) is 5.92 Å². The predicted octanol–water partition coefficient (Wildman–Crippen LogP) is 3.23. The minimum Gasteiger partial charge on any atom is -0.497 e. The maximum absolute atomic E-state index is 11.7. The molecule has 0 aromatic heterocycles. The van der Waals surface area contributed by atoms with Crippen LogP contribution in [0.5, 0.6) is 5.75 Å². The molecule has 1 heterocycles. The van der Waals surface area contributed by atoms with Crippen LogP contribution >= 0.6 is 15.9 Å². The number of piperidine rings is 1. The third kappa shape index (κ3) is 4.45. The maximum atomic E-state index is 11.7. The van der Waals surface area contributed by atoms with Crippen LogP contribution in [0.25, 0.3) is 0 Å². The van der Waals surface area contributed by atoms with Crippen LogP contribution in [0.1, 0.15) is 25.3 Å². The smallest absolute Gasteiger partial charge is 0.309 e. The Bertz CT molecular complexity index is 484. The first-order valence-electron chi connectivity index (χ1n) is 7.35. The molecule has 1 aromatic rings. The van der Waals surface area contributed by atoms with Crippen molar-refractivity contribution in [3.63, 3.8) is 0 Å². The van der Waals surface area contributed by atoms with Gasteiger partial charge in [0.1, 0.15) is 5.75 Å². The normalized spacial score (nSPS) is 16.7. The van der Waals surface area contributed by atoms with E-state index in [0.29, 0.717) is 6.61 Å². The molecule has 0 N–H and O–H groups in total. The molecule has 0 unspecified atom stereocenters. The summed E-state index contributed by atoms with van der Waals surface area (Å²) in [5.74, 6) is 0.893. The van der Waals surface area contributed by atoms with Crippen LogP contribution in [-0.2, 0) is 16.1 Å². The fourth-order valence-electron chi connectivity index (χ4n) is 2.63. The van der Waals surface area contributed by atoms with E-state index >= 15 is 0 Å². The lowest BCUT2D eigenvalue weighted by Gasteiger charge is -2.31. The number of rotatable bonds is 5. The van der Waals surface area contributed by atoms with E-state index in [0.717, 1.165) is 42.7 Å².